The predicted molar refractivity (Wildman–Crippen MR) is 58.1 cm³/mol. The quantitative estimate of drug-likeness (QED) is 0.561. The molecule has 16 heavy (non-hydrogen) atoms. The van der Waals surface area contributed by atoms with Gasteiger partial charge in [-0.15, -0.1) is 5.11 Å². The summed E-state index contributed by atoms with van der Waals surface area (Å²) >= 11 is 0. The summed E-state index contributed by atoms with van der Waals surface area (Å²) in [6, 6.07) is 5.83. The summed E-state index contributed by atoms with van der Waals surface area (Å²) in [7, 11) is 1.53. The first-order valence-corrected chi connectivity index (χ1v) is 4.89. The number of hydrogen-bond acceptors (Lipinski definition) is 4. The molecule has 1 rings (SSSR count). The highest BCUT2D eigenvalue weighted by atomic mass is 16.4. The number of carboxylic acids is 1. The van der Waals surface area contributed by atoms with Crippen molar-refractivity contribution in [1.82, 2.24) is 5.01 Å². The van der Waals surface area contributed by atoms with E-state index in [0.29, 0.717) is 0 Å². The summed E-state index contributed by atoms with van der Waals surface area (Å²) in [5.41, 5.74) is 2.82. The maximum Gasteiger partial charge on any atom is 0.0905 e. The summed E-state index contributed by atoms with van der Waals surface area (Å²) < 4.78 is 0. The van der Waals surface area contributed by atoms with Crippen LogP contribution in [0.1, 0.15) is 11.1 Å². The molecule has 0 atom stereocenters. The summed E-state index contributed by atoms with van der Waals surface area (Å²) in [4.78, 5) is 10.3. The average molecular weight is 220 g/mol. The molecule has 0 radical (unpaired) electrons. The lowest BCUT2D eigenvalue weighted by molar-refractivity contribution is -0.306. The molecule has 0 aliphatic rings. The highest BCUT2D eigenvalue weighted by molar-refractivity contribution is 5.66. The van der Waals surface area contributed by atoms with Gasteiger partial charge in [-0.05, 0) is 31.0 Å². The van der Waals surface area contributed by atoms with Crippen molar-refractivity contribution in [3.63, 3.8) is 0 Å². The van der Waals surface area contributed by atoms with Gasteiger partial charge in [0.05, 0.1) is 18.2 Å². The molecular weight excluding hydrogens is 206 g/mol. The molecule has 0 aliphatic carbocycles. The Hall–Kier alpha value is -1.91. The zero-order chi connectivity index (χ0) is 12.1. The van der Waals surface area contributed by atoms with Crippen molar-refractivity contribution in [3.05, 3.63) is 29.3 Å². The first kappa shape index (κ1) is 12.2. The van der Waals surface area contributed by atoms with Crippen molar-refractivity contribution in [2.45, 2.75) is 13.8 Å². The van der Waals surface area contributed by atoms with Crippen molar-refractivity contribution in [1.29, 1.82) is 0 Å². The number of carboxylic acid groups (broad SMARTS) is 1. The van der Waals surface area contributed by atoms with E-state index in [1.54, 1.807) is 0 Å². The Labute approximate surface area is 94.4 Å². The van der Waals surface area contributed by atoms with Crippen LogP contribution in [0, 0.1) is 13.8 Å². The van der Waals surface area contributed by atoms with Crippen molar-refractivity contribution in [2.75, 3.05) is 13.6 Å². The largest absolute Gasteiger partial charge is 0.548 e. The van der Waals surface area contributed by atoms with Crippen molar-refractivity contribution < 1.29 is 9.90 Å². The topological polar surface area (TPSA) is 68.1 Å². The third-order valence-corrected chi connectivity index (χ3v) is 2.03. The highest BCUT2D eigenvalue weighted by Crippen LogP contribution is 2.20. The van der Waals surface area contributed by atoms with Crippen molar-refractivity contribution in [2.24, 2.45) is 10.3 Å². The van der Waals surface area contributed by atoms with Gasteiger partial charge < -0.3 is 9.90 Å². The second-order valence-corrected chi connectivity index (χ2v) is 3.67. The van der Waals surface area contributed by atoms with Crippen LogP contribution in [-0.2, 0) is 4.79 Å². The van der Waals surface area contributed by atoms with Crippen LogP contribution in [0.5, 0.6) is 0 Å². The summed E-state index contributed by atoms with van der Waals surface area (Å²) in [5, 5.41) is 19.3. The zero-order valence-corrected chi connectivity index (χ0v) is 9.60. The lowest BCUT2D eigenvalue weighted by atomic mass is 10.1. The van der Waals surface area contributed by atoms with Crippen LogP contribution >= 0.6 is 0 Å². The van der Waals surface area contributed by atoms with E-state index in [2.05, 4.69) is 10.3 Å². The SMILES string of the molecule is Cc1ccc(C)c(N=NN(C)CC(=O)[O-])c1. The molecule has 0 saturated carbocycles. The third-order valence-electron chi connectivity index (χ3n) is 2.03. The van der Waals surface area contributed by atoms with E-state index in [1.165, 1.54) is 12.1 Å². The standard InChI is InChI=1S/C11H15N3O2/c1-8-4-5-9(2)10(6-8)12-13-14(3)7-11(15)16/h4-6H,7H2,1-3H3,(H,15,16)/p-1. The Kier molecular flexibility index (Phi) is 3.99. The monoisotopic (exact) mass is 220 g/mol. The number of hydrogen-bond donors (Lipinski definition) is 0. The average Bonchev–Trinajstić information content (AvgIpc) is 2.18. The van der Waals surface area contributed by atoms with E-state index in [0.717, 1.165) is 16.8 Å². The Morgan fingerprint density at radius 2 is 2.12 bits per heavy atom. The lowest BCUT2D eigenvalue weighted by Gasteiger charge is -2.11. The molecular formula is C11H14N3O2-. The third kappa shape index (κ3) is 3.68. The molecule has 0 aliphatic heterocycles. The van der Waals surface area contributed by atoms with Crippen molar-refractivity contribution >= 4 is 11.7 Å². The molecule has 0 fully saturated rings. The van der Waals surface area contributed by atoms with E-state index in [9.17, 15) is 9.90 Å². The molecule has 0 aromatic heterocycles. The van der Waals surface area contributed by atoms with E-state index in [1.807, 2.05) is 32.0 Å². The maximum atomic E-state index is 10.3. The number of rotatable bonds is 4. The van der Waals surface area contributed by atoms with Gasteiger partial charge in [-0.25, -0.2) is 0 Å². The van der Waals surface area contributed by atoms with Crippen LogP contribution in [-0.4, -0.2) is 24.6 Å². The molecule has 0 saturated heterocycles. The van der Waals surface area contributed by atoms with Gasteiger partial charge in [0.1, 0.15) is 0 Å². The van der Waals surface area contributed by atoms with Gasteiger partial charge in [-0.1, -0.05) is 17.4 Å². The first-order valence-electron chi connectivity index (χ1n) is 4.89. The summed E-state index contributed by atoms with van der Waals surface area (Å²) in [5.74, 6) is -1.18. The smallest absolute Gasteiger partial charge is 0.0905 e. The van der Waals surface area contributed by atoms with Gasteiger partial charge in [0.2, 0.25) is 0 Å². The minimum absolute atomic E-state index is 0.269. The van der Waals surface area contributed by atoms with Crippen LogP contribution in [0.2, 0.25) is 0 Å². The lowest BCUT2D eigenvalue weighted by Crippen LogP contribution is -2.33. The van der Waals surface area contributed by atoms with E-state index in [-0.39, 0.29) is 6.54 Å². The molecule has 0 heterocycles. The molecule has 86 valence electrons. The zero-order valence-electron chi connectivity index (χ0n) is 9.60. The van der Waals surface area contributed by atoms with Crippen LogP contribution < -0.4 is 5.11 Å². The summed E-state index contributed by atoms with van der Waals surface area (Å²) in [6.07, 6.45) is 0. The van der Waals surface area contributed by atoms with E-state index < -0.39 is 5.97 Å². The molecule has 0 N–H and O–H groups in total. The number of benzene rings is 1. The van der Waals surface area contributed by atoms with Crippen LogP contribution in [0.3, 0.4) is 0 Å². The number of aryl methyl sites for hydroxylation is 2. The van der Waals surface area contributed by atoms with Crippen LogP contribution in [0.15, 0.2) is 28.5 Å². The molecule has 1 aromatic carbocycles. The van der Waals surface area contributed by atoms with Crippen LogP contribution in [0.4, 0.5) is 5.69 Å². The minimum Gasteiger partial charge on any atom is -0.548 e. The normalized spacial score (nSPS) is 10.7. The molecule has 5 heteroatoms. The van der Waals surface area contributed by atoms with Crippen LogP contribution in [0.25, 0.3) is 0 Å². The number of carbonyl (C=O) groups excluding carboxylic acids is 1. The van der Waals surface area contributed by atoms with Gasteiger partial charge >= 0.3 is 0 Å². The maximum absolute atomic E-state index is 10.3. The molecule has 0 amide bonds. The number of carbonyl (C=O) groups is 1. The van der Waals surface area contributed by atoms with Gasteiger partial charge in [0.25, 0.3) is 0 Å². The Morgan fingerprint density at radius 1 is 1.44 bits per heavy atom. The van der Waals surface area contributed by atoms with Crippen molar-refractivity contribution in [3.8, 4) is 0 Å². The minimum atomic E-state index is -1.18. The van der Waals surface area contributed by atoms with Gasteiger partial charge in [0.15, 0.2) is 0 Å². The fraction of sp³-hybridized carbons (Fsp3) is 0.364. The molecule has 5 nitrogen and oxygen atoms in total. The van der Waals surface area contributed by atoms with Gasteiger partial charge in [-0.3, -0.25) is 5.01 Å². The molecule has 0 spiro atoms. The molecule has 0 unspecified atom stereocenters. The summed E-state index contributed by atoms with van der Waals surface area (Å²) in [6.45, 7) is 3.62. The van der Waals surface area contributed by atoms with Gasteiger partial charge in [0, 0.05) is 7.05 Å². The second-order valence-electron chi connectivity index (χ2n) is 3.67. The molecule has 1 aromatic rings. The fourth-order valence-electron chi connectivity index (χ4n) is 1.17. The second kappa shape index (κ2) is 5.25. The number of aliphatic carboxylic acids is 1. The predicted octanol–water partition coefficient (Wildman–Crippen LogP) is 0.984. The van der Waals surface area contributed by atoms with E-state index >= 15 is 0 Å². The fourth-order valence-corrected chi connectivity index (χ4v) is 1.17. The Bertz CT molecular complexity index is 416. The number of likely N-dealkylation sites (N-methyl/N-ethyl adjacent to an activating group) is 1. The molecule has 0 bridgehead atoms. The van der Waals surface area contributed by atoms with Gasteiger partial charge in [-0.2, -0.15) is 0 Å². The Morgan fingerprint density at radius 3 is 2.75 bits per heavy atom. The Balaban J connectivity index is 2.75. The highest BCUT2D eigenvalue weighted by Gasteiger charge is 1.98. The number of nitrogens with zero attached hydrogens (tertiary/aromatic N) is 3. The first-order chi connectivity index (χ1) is 7.49. The van der Waals surface area contributed by atoms with E-state index in [4.69, 9.17) is 0 Å².